The summed E-state index contributed by atoms with van der Waals surface area (Å²) in [7, 11) is 12.6. The first-order chi connectivity index (χ1) is 23.7. The Hall–Kier alpha value is -5.72. The van der Waals surface area contributed by atoms with Crippen LogP contribution >= 0.6 is 0 Å². The van der Waals surface area contributed by atoms with Gasteiger partial charge in [0.15, 0.2) is 11.5 Å². The highest BCUT2D eigenvalue weighted by Crippen LogP contribution is 2.49. The van der Waals surface area contributed by atoms with E-state index in [2.05, 4.69) is 200 Å². The standard InChI is InChI=1S/C36H46N12O/c1-37-7-13-43(23-37)29-19-33(47-17-11-41(5)27-47)35(21-31(29)45-15-9-39(3)25-45)49-36-22-32(46-16-10-40(4)26-46)30(44-14-8-38(2)24-44)20-34(36)48-18-12-42(6)28-48/h7-22H,23-28H2,1-6H3. The number of hydrogen-bond donors (Lipinski definition) is 0. The van der Waals surface area contributed by atoms with E-state index in [9.17, 15) is 0 Å². The van der Waals surface area contributed by atoms with Crippen LogP contribution in [-0.4, -0.2) is 112 Å². The van der Waals surface area contributed by atoms with Gasteiger partial charge >= 0.3 is 0 Å². The van der Waals surface area contributed by atoms with Crippen LogP contribution in [0, 0.1) is 0 Å². The Morgan fingerprint density at radius 1 is 0.306 bits per heavy atom. The second-order valence-electron chi connectivity index (χ2n) is 13.7. The average molecular weight is 663 g/mol. The molecule has 256 valence electrons. The molecule has 6 aliphatic rings. The molecule has 0 bridgehead atoms. The lowest BCUT2D eigenvalue weighted by molar-refractivity contribution is 0.465. The molecule has 0 saturated carbocycles. The summed E-state index contributed by atoms with van der Waals surface area (Å²) in [6.45, 7) is 4.52. The van der Waals surface area contributed by atoms with E-state index < -0.39 is 0 Å². The van der Waals surface area contributed by atoms with Gasteiger partial charge in [-0.25, -0.2) is 0 Å². The first kappa shape index (κ1) is 30.6. The van der Waals surface area contributed by atoms with Gasteiger partial charge < -0.3 is 63.5 Å². The Morgan fingerprint density at radius 3 is 0.755 bits per heavy atom. The maximum absolute atomic E-state index is 7.26. The van der Waals surface area contributed by atoms with Gasteiger partial charge in [-0.05, 0) is 12.1 Å². The molecule has 6 heterocycles. The van der Waals surface area contributed by atoms with Crippen molar-refractivity contribution in [3.05, 3.63) is 98.7 Å². The van der Waals surface area contributed by atoms with Crippen LogP contribution in [0.2, 0.25) is 0 Å². The molecule has 0 aromatic heterocycles. The lowest BCUT2D eigenvalue weighted by atomic mass is 10.1. The van der Waals surface area contributed by atoms with Crippen LogP contribution in [0.25, 0.3) is 0 Å². The maximum atomic E-state index is 7.26. The highest BCUT2D eigenvalue weighted by Gasteiger charge is 2.30. The Labute approximate surface area is 289 Å². The van der Waals surface area contributed by atoms with Crippen LogP contribution in [0.3, 0.4) is 0 Å². The van der Waals surface area contributed by atoms with Crippen molar-refractivity contribution in [2.24, 2.45) is 0 Å². The molecule has 6 aliphatic heterocycles. The SMILES string of the molecule is CN1C=CN(c2cc(N3C=CN(C)C3)c(N3C=CN(C)C3)cc2Oc2cc(N3C=CN(C)C3)c(N3C=CN(C)C3)cc2N2C=CN(C)C2)C1. The molecule has 0 radical (unpaired) electrons. The molecule has 0 N–H and O–H groups in total. The van der Waals surface area contributed by atoms with E-state index in [0.29, 0.717) is 0 Å². The minimum absolute atomic E-state index is 0.730. The van der Waals surface area contributed by atoms with E-state index in [1.54, 1.807) is 0 Å². The molecule has 49 heavy (non-hydrogen) atoms. The molecule has 2 aromatic carbocycles. The highest BCUT2D eigenvalue weighted by atomic mass is 16.5. The van der Waals surface area contributed by atoms with Crippen molar-refractivity contribution in [2.75, 3.05) is 112 Å². The molecule has 13 heteroatoms. The number of rotatable bonds is 8. The Bertz CT molecular complexity index is 1660. The van der Waals surface area contributed by atoms with Crippen LogP contribution in [-0.2, 0) is 0 Å². The molecule has 0 unspecified atom stereocenters. The average Bonchev–Trinajstić information content (AvgIpc) is 3.93. The van der Waals surface area contributed by atoms with Crippen molar-refractivity contribution >= 4 is 34.1 Å². The Morgan fingerprint density at radius 2 is 0.531 bits per heavy atom. The highest BCUT2D eigenvalue weighted by molar-refractivity contribution is 5.86. The first-order valence-electron chi connectivity index (χ1n) is 16.6. The van der Waals surface area contributed by atoms with Gasteiger partial charge in [0.1, 0.15) is 0 Å². The van der Waals surface area contributed by atoms with Crippen molar-refractivity contribution in [2.45, 2.75) is 0 Å². The molecule has 2 aromatic rings. The molecule has 13 nitrogen and oxygen atoms in total. The largest absolute Gasteiger partial charge is 0.453 e. The van der Waals surface area contributed by atoms with Crippen LogP contribution in [0.5, 0.6) is 11.5 Å². The van der Waals surface area contributed by atoms with Crippen LogP contribution in [0.1, 0.15) is 0 Å². The fourth-order valence-electron chi connectivity index (χ4n) is 6.86. The summed E-state index contributed by atoms with van der Waals surface area (Å²) in [6.07, 6.45) is 25.6. The second-order valence-corrected chi connectivity index (χ2v) is 13.7. The van der Waals surface area contributed by atoms with Crippen molar-refractivity contribution in [1.82, 2.24) is 29.4 Å². The second kappa shape index (κ2) is 12.1. The topological polar surface area (TPSA) is 48.1 Å². The van der Waals surface area contributed by atoms with Crippen molar-refractivity contribution in [3.63, 3.8) is 0 Å². The third-order valence-electron chi connectivity index (χ3n) is 9.45. The molecule has 0 aliphatic carbocycles. The summed E-state index contributed by atoms with van der Waals surface area (Å²) in [5, 5.41) is 0. The first-order valence-corrected chi connectivity index (χ1v) is 16.6. The van der Waals surface area contributed by atoms with Gasteiger partial charge in [-0.15, -0.1) is 0 Å². The molecular weight excluding hydrogens is 616 g/mol. The van der Waals surface area contributed by atoms with Gasteiger partial charge in [0.2, 0.25) is 0 Å². The molecular formula is C36H46N12O. The van der Waals surface area contributed by atoms with E-state index in [0.717, 1.165) is 85.6 Å². The van der Waals surface area contributed by atoms with Crippen LogP contribution in [0.4, 0.5) is 34.1 Å². The zero-order valence-corrected chi connectivity index (χ0v) is 29.3. The van der Waals surface area contributed by atoms with E-state index in [4.69, 9.17) is 4.74 Å². The Balaban J connectivity index is 1.29. The van der Waals surface area contributed by atoms with Gasteiger partial charge in [0.25, 0.3) is 0 Å². The van der Waals surface area contributed by atoms with Crippen molar-refractivity contribution in [3.8, 4) is 11.5 Å². The third kappa shape index (κ3) is 5.85. The van der Waals surface area contributed by atoms with E-state index >= 15 is 0 Å². The minimum Gasteiger partial charge on any atom is -0.453 e. The molecule has 0 amide bonds. The number of nitrogens with zero attached hydrogens (tertiary/aromatic N) is 12. The third-order valence-corrected chi connectivity index (χ3v) is 9.45. The normalized spacial score (nSPS) is 19.8. The van der Waals surface area contributed by atoms with Gasteiger partial charge in [-0.3, -0.25) is 0 Å². The van der Waals surface area contributed by atoms with Crippen molar-refractivity contribution < 1.29 is 4.74 Å². The smallest absolute Gasteiger partial charge is 0.153 e. The molecule has 0 fully saturated rings. The summed E-state index contributed by atoms with van der Waals surface area (Å²) < 4.78 is 7.26. The Kier molecular flexibility index (Phi) is 7.53. The lowest BCUT2D eigenvalue weighted by Gasteiger charge is -2.32. The summed E-state index contributed by atoms with van der Waals surface area (Å²) in [6, 6.07) is 9.01. The zero-order valence-electron chi connectivity index (χ0n) is 29.3. The quantitative estimate of drug-likeness (QED) is 0.398. The number of benzene rings is 2. The van der Waals surface area contributed by atoms with E-state index in [1.807, 2.05) is 0 Å². The number of hydrogen-bond acceptors (Lipinski definition) is 13. The van der Waals surface area contributed by atoms with Crippen molar-refractivity contribution in [1.29, 1.82) is 0 Å². The minimum atomic E-state index is 0.730. The molecule has 0 saturated heterocycles. The summed E-state index contributed by atoms with van der Waals surface area (Å²) in [4.78, 5) is 26.8. The molecule has 0 spiro atoms. The van der Waals surface area contributed by atoms with Gasteiger partial charge in [0.05, 0.1) is 74.1 Å². The summed E-state index contributed by atoms with van der Waals surface area (Å²) in [5.74, 6) is 1.59. The van der Waals surface area contributed by atoms with Gasteiger partial charge in [0, 0.05) is 129 Å². The lowest BCUT2D eigenvalue weighted by Crippen LogP contribution is -2.28. The monoisotopic (exact) mass is 662 g/mol. The summed E-state index contributed by atoms with van der Waals surface area (Å²) in [5.41, 5.74) is 6.44. The molecule has 8 rings (SSSR count). The predicted molar refractivity (Wildman–Crippen MR) is 198 cm³/mol. The summed E-state index contributed by atoms with van der Waals surface area (Å²) >= 11 is 0. The maximum Gasteiger partial charge on any atom is 0.153 e. The number of anilines is 6. The van der Waals surface area contributed by atoms with Gasteiger partial charge in [-0.2, -0.15) is 0 Å². The fraction of sp³-hybridized carbons (Fsp3) is 0.333. The zero-order chi connectivity index (χ0) is 33.8. The van der Waals surface area contributed by atoms with Crippen LogP contribution in [0.15, 0.2) is 98.7 Å². The van der Waals surface area contributed by atoms with Crippen LogP contribution < -0.4 is 34.1 Å². The predicted octanol–water partition coefficient (Wildman–Crippen LogP) is 4.56. The fourth-order valence-corrected chi connectivity index (χ4v) is 6.86. The van der Waals surface area contributed by atoms with Gasteiger partial charge in [-0.1, -0.05) is 0 Å². The van der Waals surface area contributed by atoms with E-state index in [1.165, 1.54) is 0 Å². The molecule has 0 atom stereocenters. The number of ether oxygens (including phenoxy) is 1. The van der Waals surface area contributed by atoms with E-state index in [-0.39, 0.29) is 0 Å².